The Morgan fingerprint density at radius 2 is 2.11 bits per heavy atom. The standard InChI is InChI=1S/C14H19FN2O/c1-3-17(5-6-18-4-2)11-13-7-12(10-16)8-14(15)9-13/h7-9H,3-6,11H2,1-2H3. The highest BCUT2D eigenvalue weighted by Crippen LogP contribution is 2.11. The van der Waals surface area contributed by atoms with E-state index in [4.69, 9.17) is 10.00 Å². The van der Waals surface area contributed by atoms with E-state index < -0.39 is 0 Å². The van der Waals surface area contributed by atoms with Gasteiger partial charge >= 0.3 is 0 Å². The van der Waals surface area contributed by atoms with Gasteiger partial charge in [0, 0.05) is 19.7 Å². The summed E-state index contributed by atoms with van der Waals surface area (Å²) < 4.78 is 18.6. The normalized spacial score (nSPS) is 10.6. The predicted octanol–water partition coefficient (Wildman–Crippen LogP) is 2.56. The number of rotatable bonds is 7. The fraction of sp³-hybridized carbons (Fsp3) is 0.500. The van der Waals surface area contributed by atoms with Crippen molar-refractivity contribution in [3.63, 3.8) is 0 Å². The van der Waals surface area contributed by atoms with Gasteiger partial charge in [0.2, 0.25) is 0 Å². The Bertz CT molecular complexity index is 415. The van der Waals surface area contributed by atoms with Crippen LogP contribution < -0.4 is 0 Å². The molecular weight excluding hydrogens is 231 g/mol. The third-order valence-corrected chi connectivity index (χ3v) is 2.70. The lowest BCUT2D eigenvalue weighted by atomic mass is 10.1. The van der Waals surface area contributed by atoms with Crippen molar-refractivity contribution >= 4 is 0 Å². The van der Waals surface area contributed by atoms with E-state index in [0.717, 1.165) is 18.7 Å². The zero-order chi connectivity index (χ0) is 13.4. The molecule has 0 aromatic heterocycles. The van der Waals surface area contributed by atoms with Crippen molar-refractivity contribution in [2.24, 2.45) is 0 Å². The van der Waals surface area contributed by atoms with Gasteiger partial charge < -0.3 is 4.74 Å². The van der Waals surface area contributed by atoms with Crippen LogP contribution in [0.5, 0.6) is 0 Å². The summed E-state index contributed by atoms with van der Waals surface area (Å²) in [5.74, 6) is -0.357. The minimum Gasteiger partial charge on any atom is -0.380 e. The van der Waals surface area contributed by atoms with Crippen molar-refractivity contribution in [1.29, 1.82) is 5.26 Å². The van der Waals surface area contributed by atoms with E-state index in [1.807, 2.05) is 13.0 Å². The van der Waals surface area contributed by atoms with E-state index >= 15 is 0 Å². The number of nitrogens with zero attached hydrogens (tertiary/aromatic N) is 2. The number of nitriles is 1. The molecule has 1 aromatic rings. The van der Waals surface area contributed by atoms with E-state index in [1.54, 1.807) is 6.07 Å². The van der Waals surface area contributed by atoms with E-state index in [9.17, 15) is 4.39 Å². The lowest BCUT2D eigenvalue weighted by molar-refractivity contribution is 0.113. The first kappa shape index (κ1) is 14.6. The molecule has 0 aliphatic rings. The van der Waals surface area contributed by atoms with Crippen molar-refractivity contribution in [3.8, 4) is 6.07 Å². The summed E-state index contributed by atoms with van der Waals surface area (Å²) in [4.78, 5) is 2.16. The molecule has 0 aliphatic heterocycles. The predicted molar refractivity (Wildman–Crippen MR) is 68.6 cm³/mol. The number of ether oxygens (including phenoxy) is 1. The van der Waals surface area contributed by atoms with Crippen LogP contribution in [0.15, 0.2) is 18.2 Å². The number of halogens is 1. The molecule has 0 unspecified atom stereocenters. The summed E-state index contributed by atoms with van der Waals surface area (Å²) in [5, 5.41) is 8.80. The first-order valence-corrected chi connectivity index (χ1v) is 6.19. The van der Waals surface area contributed by atoms with Crippen molar-refractivity contribution in [2.75, 3.05) is 26.3 Å². The van der Waals surface area contributed by atoms with Crippen molar-refractivity contribution in [2.45, 2.75) is 20.4 Å². The Labute approximate surface area is 108 Å². The number of hydrogen-bond donors (Lipinski definition) is 0. The van der Waals surface area contributed by atoms with Gasteiger partial charge in [0.1, 0.15) is 5.82 Å². The van der Waals surface area contributed by atoms with Crippen LogP contribution in [0.2, 0.25) is 0 Å². The summed E-state index contributed by atoms with van der Waals surface area (Å²) in [7, 11) is 0. The van der Waals surface area contributed by atoms with Gasteiger partial charge in [-0.3, -0.25) is 4.90 Å². The smallest absolute Gasteiger partial charge is 0.124 e. The molecule has 0 radical (unpaired) electrons. The van der Waals surface area contributed by atoms with Crippen LogP contribution in [0.1, 0.15) is 25.0 Å². The van der Waals surface area contributed by atoms with Crippen molar-refractivity contribution < 1.29 is 9.13 Å². The molecule has 1 rings (SSSR count). The minimum atomic E-state index is -0.357. The van der Waals surface area contributed by atoms with Gasteiger partial charge in [0.15, 0.2) is 0 Å². The van der Waals surface area contributed by atoms with E-state index in [1.165, 1.54) is 12.1 Å². The average Bonchev–Trinajstić information content (AvgIpc) is 2.37. The molecule has 4 heteroatoms. The van der Waals surface area contributed by atoms with Gasteiger partial charge in [0.05, 0.1) is 18.2 Å². The summed E-state index contributed by atoms with van der Waals surface area (Å²) in [5.41, 5.74) is 1.19. The van der Waals surface area contributed by atoms with Crippen LogP contribution >= 0.6 is 0 Å². The molecule has 3 nitrogen and oxygen atoms in total. The molecule has 0 spiro atoms. The molecule has 0 fully saturated rings. The van der Waals surface area contributed by atoms with E-state index in [2.05, 4.69) is 11.8 Å². The number of benzene rings is 1. The fourth-order valence-electron chi connectivity index (χ4n) is 1.75. The third kappa shape index (κ3) is 4.82. The molecule has 18 heavy (non-hydrogen) atoms. The molecule has 0 atom stereocenters. The van der Waals surface area contributed by atoms with Crippen LogP contribution in [0.3, 0.4) is 0 Å². The Hall–Kier alpha value is -1.44. The number of hydrogen-bond acceptors (Lipinski definition) is 3. The molecule has 0 heterocycles. The van der Waals surface area contributed by atoms with Crippen LogP contribution in [0.4, 0.5) is 4.39 Å². The Morgan fingerprint density at radius 1 is 1.33 bits per heavy atom. The molecule has 98 valence electrons. The van der Waals surface area contributed by atoms with E-state index in [0.29, 0.717) is 25.3 Å². The van der Waals surface area contributed by atoms with Gasteiger partial charge in [-0.2, -0.15) is 5.26 Å². The molecule has 1 aromatic carbocycles. The summed E-state index contributed by atoms with van der Waals surface area (Å²) in [6.07, 6.45) is 0. The maximum absolute atomic E-state index is 13.3. The molecule has 0 aliphatic carbocycles. The minimum absolute atomic E-state index is 0.357. The highest BCUT2D eigenvalue weighted by molar-refractivity contribution is 5.33. The van der Waals surface area contributed by atoms with Crippen LogP contribution in [0.25, 0.3) is 0 Å². The second-order valence-corrected chi connectivity index (χ2v) is 4.03. The largest absolute Gasteiger partial charge is 0.380 e. The van der Waals surface area contributed by atoms with Gasteiger partial charge in [-0.25, -0.2) is 4.39 Å². The van der Waals surface area contributed by atoms with Gasteiger partial charge in [-0.05, 0) is 37.2 Å². The second kappa shape index (κ2) is 7.80. The van der Waals surface area contributed by atoms with Crippen LogP contribution in [-0.4, -0.2) is 31.2 Å². The van der Waals surface area contributed by atoms with Gasteiger partial charge in [0.25, 0.3) is 0 Å². The molecular formula is C14H19FN2O. The average molecular weight is 250 g/mol. The fourth-order valence-corrected chi connectivity index (χ4v) is 1.75. The molecule has 0 saturated heterocycles. The third-order valence-electron chi connectivity index (χ3n) is 2.70. The van der Waals surface area contributed by atoms with Gasteiger partial charge in [-0.15, -0.1) is 0 Å². The topological polar surface area (TPSA) is 36.3 Å². The maximum atomic E-state index is 13.3. The quantitative estimate of drug-likeness (QED) is 0.698. The van der Waals surface area contributed by atoms with Crippen LogP contribution in [0, 0.1) is 17.1 Å². The number of likely N-dealkylation sites (N-methyl/N-ethyl adjacent to an activating group) is 1. The summed E-state index contributed by atoms with van der Waals surface area (Å²) in [6, 6.07) is 6.42. The SMILES string of the molecule is CCOCCN(CC)Cc1cc(F)cc(C#N)c1. The zero-order valence-corrected chi connectivity index (χ0v) is 10.9. The monoisotopic (exact) mass is 250 g/mol. The maximum Gasteiger partial charge on any atom is 0.124 e. The Balaban J connectivity index is 2.64. The molecule has 0 bridgehead atoms. The van der Waals surface area contributed by atoms with E-state index in [-0.39, 0.29) is 5.82 Å². The highest BCUT2D eigenvalue weighted by Gasteiger charge is 2.06. The molecule has 0 N–H and O–H groups in total. The summed E-state index contributed by atoms with van der Waals surface area (Å²) in [6.45, 7) is 7.70. The zero-order valence-electron chi connectivity index (χ0n) is 10.9. The summed E-state index contributed by atoms with van der Waals surface area (Å²) >= 11 is 0. The highest BCUT2D eigenvalue weighted by atomic mass is 19.1. The first-order chi connectivity index (χ1) is 8.69. The lowest BCUT2D eigenvalue weighted by Gasteiger charge is -2.20. The Kier molecular flexibility index (Phi) is 6.34. The van der Waals surface area contributed by atoms with Gasteiger partial charge in [-0.1, -0.05) is 6.92 Å². The Morgan fingerprint density at radius 3 is 2.72 bits per heavy atom. The molecule has 0 saturated carbocycles. The van der Waals surface area contributed by atoms with Crippen molar-refractivity contribution in [3.05, 3.63) is 35.1 Å². The second-order valence-electron chi connectivity index (χ2n) is 4.03. The van der Waals surface area contributed by atoms with Crippen LogP contribution in [-0.2, 0) is 11.3 Å². The van der Waals surface area contributed by atoms with Crippen molar-refractivity contribution in [1.82, 2.24) is 4.90 Å². The molecule has 0 amide bonds. The first-order valence-electron chi connectivity index (χ1n) is 6.19. The lowest BCUT2D eigenvalue weighted by Crippen LogP contribution is -2.27.